The Morgan fingerprint density at radius 1 is 1.14 bits per heavy atom. The number of methoxy groups -OCH3 is 1. The van der Waals surface area contributed by atoms with Crippen LogP contribution in [0.4, 0.5) is 0 Å². The molecule has 0 saturated carbocycles. The van der Waals surface area contributed by atoms with E-state index in [4.69, 9.17) is 16.3 Å². The largest absolute Gasteiger partial charge is 0.496 e. The van der Waals surface area contributed by atoms with Crippen molar-refractivity contribution in [2.75, 3.05) is 7.11 Å². The van der Waals surface area contributed by atoms with Crippen LogP contribution in [-0.4, -0.2) is 15.5 Å². The number of sulfonamides is 1. The Morgan fingerprint density at radius 2 is 1.86 bits per heavy atom. The van der Waals surface area contributed by atoms with Gasteiger partial charge in [0, 0.05) is 17.1 Å². The van der Waals surface area contributed by atoms with Crippen LogP contribution in [0.5, 0.6) is 5.75 Å². The van der Waals surface area contributed by atoms with Crippen molar-refractivity contribution in [3.05, 3.63) is 58.6 Å². The van der Waals surface area contributed by atoms with Crippen molar-refractivity contribution < 1.29 is 13.2 Å². The lowest BCUT2D eigenvalue weighted by molar-refractivity contribution is 0.409. The van der Waals surface area contributed by atoms with E-state index in [0.717, 1.165) is 0 Å². The highest BCUT2D eigenvalue weighted by Gasteiger charge is 2.17. The van der Waals surface area contributed by atoms with Crippen LogP contribution < -0.4 is 9.46 Å². The molecule has 2 aromatic carbocycles. The Morgan fingerprint density at radius 3 is 2.52 bits per heavy atom. The van der Waals surface area contributed by atoms with Crippen LogP contribution in [0.15, 0.2) is 47.4 Å². The molecule has 0 aliphatic rings. The third-order valence-electron chi connectivity index (χ3n) is 3.12. The van der Waals surface area contributed by atoms with Gasteiger partial charge in [0.1, 0.15) is 5.75 Å². The number of hydrogen-bond acceptors (Lipinski definition) is 3. The van der Waals surface area contributed by atoms with Crippen molar-refractivity contribution in [3.63, 3.8) is 0 Å². The monoisotopic (exact) mass is 325 g/mol. The highest BCUT2D eigenvalue weighted by Crippen LogP contribution is 2.26. The van der Waals surface area contributed by atoms with Crippen molar-refractivity contribution in [1.82, 2.24) is 4.72 Å². The van der Waals surface area contributed by atoms with E-state index in [0.29, 0.717) is 21.9 Å². The molecular weight excluding hydrogens is 310 g/mol. The molecule has 0 aliphatic heterocycles. The number of ether oxygens (including phenoxy) is 1. The minimum atomic E-state index is -3.60. The van der Waals surface area contributed by atoms with Gasteiger partial charge in [0.15, 0.2) is 0 Å². The van der Waals surface area contributed by atoms with Gasteiger partial charge in [-0.2, -0.15) is 0 Å². The first kappa shape index (κ1) is 15.8. The van der Waals surface area contributed by atoms with E-state index in [1.54, 1.807) is 49.4 Å². The number of aryl methyl sites for hydroxylation is 1. The highest BCUT2D eigenvalue weighted by atomic mass is 35.5. The van der Waals surface area contributed by atoms with Gasteiger partial charge in [-0.25, -0.2) is 13.1 Å². The van der Waals surface area contributed by atoms with Gasteiger partial charge < -0.3 is 4.74 Å². The summed E-state index contributed by atoms with van der Waals surface area (Å²) in [4.78, 5) is 0.260. The molecule has 112 valence electrons. The molecule has 1 N–H and O–H groups in total. The number of rotatable bonds is 5. The number of halogens is 1. The second-order valence-electron chi connectivity index (χ2n) is 4.51. The Hall–Kier alpha value is -1.56. The third kappa shape index (κ3) is 3.56. The molecule has 2 rings (SSSR count). The number of nitrogens with one attached hydrogen (secondary N) is 1. The Labute approximate surface area is 129 Å². The second-order valence-corrected chi connectivity index (χ2v) is 6.65. The van der Waals surface area contributed by atoms with Crippen LogP contribution in [-0.2, 0) is 16.6 Å². The molecule has 0 atom stereocenters. The van der Waals surface area contributed by atoms with E-state index in [2.05, 4.69) is 4.72 Å². The van der Waals surface area contributed by atoms with Gasteiger partial charge in [-0.3, -0.25) is 0 Å². The van der Waals surface area contributed by atoms with E-state index < -0.39 is 10.0 Å². The summed E-state index contributed by atoms with van der Waals surface area (Å²) in [5, 5.41) is 0.460. The standard InChI is InChI=1S/C15H16ClNO3S/c1-11-6-3-4-9-15(11)21(18,19)17-10-12-13(16)7-5-8-14(12)20-2/h3-9,17H,10H2,1-2H3. The molecule has 0 saturated heterocycles. The molecule has 2 aromatic rings. The predicted molar refractivity (Wildman–Crippen MR) is 83.2 cm³/mol. The summed E-state index contributed by atoms with van der Waals surface area (Å²) in [6.45, 7) is 1.82. The lowest BCUT2D eigenvalue weighted by Gasteiger charge is -2.12. The van der Waals surface area contributed by atoms with Crippen LogP contribution in [0.2, 0.25) is 5.02 Å². The zero-order chi connectivity index (χ0) is 15.5. The predicted octanol–water partition coefficient (Wildman–Crippen LogP) is 3.14. The summed E-state index contributed by atoms with van der Waals surface area (Å²) < 4.78 is 32.4. The van der Waals surface area contributed by atoms with Crippen LogP contribution in [0.3, 0.4) is 0 Å². The molecule has 4 nitrogen and oxygen atoms in total. The average Bonchev–Trinajstić information content (AvgIpc) is 2.46. The minimum absolute atomic E-state index is 0.0690. The summed E-state index contributed by atoms with van der Waals surface area (Å²) in [5.41, 5.74) is 1.30. The molecule has 0 bridgehead atoms. The quantitative estimate of drug-likeness (QED) is 0.918. The fourth-order valence-electron chi connectivity index (χ4n) is 2.00. The number of benzene rings is 2. The van der Waals surface area contributed by atoms with E-state index in [9.17, 15) is 8.42 Å². The molecule has 0 unspecified atom stereocenters. The molecule has 0 spiro atoms. The molecular formula is C15H16ClNO3S. The topological polar surface area (TPSA) is 55.4 Å². The normalized spacial score (nSPS) is 11.4. The van der Waals surface area contributed by atoms with Gasteiger partial charge >= 0.3 is 0 Å². The Bertz CT molecular complexity index is 744. The SMILES string of the molecule is COc1cccc(Cl)c1CNS(=O)(=O)c1ccccc1C. The molecule has 0 heterocycles. The summed E-state index contributed by atoms with van der Waals surface area (Å²) in [6.07, 6.45) is 0. The van der Waals surface area contributed by atoms with Gasteiger partial charge in [0.2, 0.25) is 10.0 Å². The van der Waals surface area contributed by atoms with Gasteiger partial charge in [-0.1, -0.05) is 35.9 Å². The van der Waals surface area contributed by atoms with E-state index >= 15 is 0 Å². The first-order valence-corrected chi connectivity index (χ1v) is 8.18. The molecule has 0 aliphatic carbocycles. The van der Waals surface area contributed by atoms with Crippen molar-refractivity contribution in [2.24, 2.45) is 0 Å². The van der Waals surface area contributed by atoms with Gasteiger partial charge in [-0.15, -0.1) is 0 Å². The molecule has 0 amide bonds. The van der Waals surface area contributed by atoms with Crippen molar-refractivity contribution in [3.8, 4) is 5.75 Å². The molecule has 0 fully saturated rings. The molecule has 6 heteroatoms. The maximum Gasteiger partial charge on any atom is 0.241 e. The zero-order valence-corrected chi connectivity index (χ0v) is 13.3. The fraction of sp³-hybridized carbons (Fsp3) is 0.200. The number of hydrogen-bond donors (Lipinski definition) is 1. The van der Waals surface area contributed by atoms with Crippen LogP contribution in [0, 0.1) is 6.92 Å². The van der Waals surface area contributed by atoms with Crippen molar-refractivity contribution >= 4 is 21.6 Å². The van der Waals surface area contributed by atoms with Gasteiger partial charge in [0.25, 0.3) is 0 Å². The lowest BCUT2D eigenvalue weighted by Crippen LogP contribution is -2.24. The fourth-order valence-corrected chi connectivity index (χ4v) is 3.48. The van der Waals surface area contributed by atoms with E-state index in [-0.39, 0.29) is 11.4 Å². The smallest absolute Gasteiger partial charge is 0.241 e. The summed E-state index contributed by atoms with van der Waals surface area (Å²) in [7, 11) is -2.08. The maximum atomic E-state index is 12.3. The lowest BCUT2D eigenvalue weighted by atomic mass is 10.2. The van der Waals surface area contributed by atoms with Gasteiger partial charge in [0.05, 0.1) is 12.0 Å². The second kappa shape index (κ2) is 6.47. The Balaban J connectivity index is 2.26. The summed E-state index contributed by atoms with van der Waals surface area (Å²) >= 11 is 6.10. The van der Waals surface area contributed by atoms with Crippen molar-refractivity contribution in [1.29, 1.82) is 0 Å². The highest BCUT2D eigenvalue weighted by molar-refractivity contribution is 7.89. The van der Waals surface area contributed by atoms with Crippen molar-refractivity contribution in [2.45, 2.75) is 18.4 Å². The molecule has 0 aromatic heterocycles. The maximum absolute atomic E-state index is 12.3. The van der Waals surface area contributed by atoms with E-state index in [1.807, 2.05) is 0 Å². The first-order valence-electron chi connectivity index (χ1n) is 6.32. The average molecular weight is 326 g/mol. The molecule has 21 heavy (non-hydrogen) atoms. The van der Waals surface area contributed by atoms with Crippen LogP contribution in [0.1, 0.15) is 11.1 Å². The summed E-state index contributed by atoms with van der Waals surface area (Å²) in [5.74, 6) is 0.551. The zero-order valence-electron chi connectivity index (χ0n) is 11.8. The third-order valence-corrected chi connectivity index (χ3v) is 5.03. The molecule has 0 radical (unpaired) electrons. The minimum Gasteiger partial charge on any atom is -0.496 e. The van der Waals surface area contributed by atoms with Crippen LogP contribution >= 0.6 is 11.6 Å². The van der Waals surface area contributed by atoms with E-state index in [1.165, 1.54) is 7.11 Å². The first-order chi connectivity index (χ1) is 9.95. The van der Waals surface area contributed by atoms with Crippen LogP contribution in [0.25, 0.3) is 0 Å². The Kier molecular flexibility index (Phi) is 4.88. The summed E-state index contributed by atoms with van der Waals surface area (Å²) in [6, 6.07) is 12.0. The van der Waals surface area contributed by atoms with Gasteiger partial charge in [-0.05, 0) is 30.7 Å².